The number of carbonyl (C=O) groups excluding carboxylic acids is 2. The molecule has 150 valence electrons. The molecule has 3 aromatic rings. The maximum Gasteiger partial charge on any atom is 0.416 e. The van der Waals surface area contributed by atoms with Gasteiger partial charge in [0.2, 0.25) is 0 Å². The van der Waals surface area contributed by atoms with Crippen molar-refractivity contribution in [3.05, 3.63) is 71.2 Å². The Balaban J connectivity index is 1.65. The second-order valence-corrected chi connectivity index (χ2v) is 7.15. The molecule has 3 heterocycles. The van der Waals surface area contributed by atoms with Crippen LogP contribution in [0.5, 0.6) is 0 Å². The summed E-state index contributed by atoms with van der Waals surface area (Å²) in [6.45, 7) is 3.22. The van der Waals surface area contributed by atoms with Crippen LogP contribution in [0.1, 0.15) is 29.4 Å². The van der Waals surface area contributed by atoms with E-state index in [-0.39, 0.29) is 12.1 Å². The molecule has 1 aliphatic rings. The molecule has 1 aromatic carbocycles. The number of aryl methyl sites for hydroxylation is 1. The third-order valence-electron chi connectivity index (χ3n) is 5.11. The van der Waals surface area contributed by atoms with Gasteiger partial charge in [0.05, 0.1) is 17.8 Å². The average molecular weight is 402 g/mol. The van der Waals surface area contributed by atoms with E-state index in [0.29, 0.717) is 11.3 Å². The first-order chi connectivity index (χ1) is 13.6. The number of alkyl halides is 3. The Kier molecular flexibility index (Phi) is 4.14. The summed E-state index contributed by atoms with van der Waals surface area (Å²) in [6.07, 6.45) is -2.82. The molecule has 1 fully saturated rings. The highest BCUT2D eigenvalue weighted by Gasteiger charge is 2.49. The zero-order valence-electron chi connectivity index (χ0n) is 15.6. The zero-order valence-corrected chi connectivity index (χ0v) is 15.6. The number of imidazole rings is 1. The number of urea groups is 1. The van der Waals surface area contributed by atoms with Crippen LogP contribution in [0, 0.1) is 6.92 Å². The summed E-state index contributed by atoms with van der Waals surface area (Å²) in [5.41, 5.74) is -0.296. The van der Waals surface area contributed by atoms with E-state index in [2.05, 4.69) is 10.3 Å². The SMILES string of the molecule is Cc1cccc2nc(CN3C(=O)NC(C)(c4cccc(C(F)(F)F)c4)C3=O)cn12. The molecule has 2 aromatic heterocycles. The molecule has 0 aliphatic carbocycles. The van der Waals surface area contributed by atoms with Gasteiger partial charge in [0.25, 0.3) is 5.91 Å². The zero-order chi connectivity index (χ0) is 21.0. The molecular weight excluding hydrogens is 385 g/mol. The Bertz CT molecular complexity index is 1140. The summed E-state index contributed by atoms with van der Waals surface area (Å²) in [7, 11) is 0. The lowest BCUT2D eigenvalue weighted by molar-refractivity contribution is -0.138. The minimum absolute atomic E-state index is 0.0685. The smallest absolute Gasteiger partial charge is 0.319 e. The summed E-state index contributed by atoms with van der Waals surface area (Å²) in [6, 6.07) is 9.29. The monoisotopic (exact) mass is 402 g/mol. The van der Waals surface area contributed by atoms with Crippen molar-refractivity contribution < 1.29 is 22.8 Å². The molecule has 1 unspecified atom stereocenters. The van der Waals surface area contributed by atoms with E-state index in [1.165, 1.54) is 19.1 Å². The second kappa shape index (κ2) is 6.33. The largest absolute Gasteiger partial charge is 0.416 e. The third kappa shape index (κ3) is 3.12. The van der Waals surface area contributed by atoms with Gasteiger partial charge in [-0.15, -0.1) is 0 Å². The molecule has 9 heteroatoms. The van der Waals surface area contributed by atoms with Gasteiger partial charge in [0.15, 0.2) is 0 Å². The fourth-order valence-corrected chi connectivity index (χ4v) is 3.48. The van der Waals surface area contributed by atoms with Crippen molar-refractivity contribution in [2.24, 2.45) is 0 Å². The fourth-order valence-electron chi connectivity index (χ4n) is 3.48. The molecular formula is C20H17F3N4O2. The third-order valence-corrected chi connectivity index (χ3v) is 5.11. The van der Waals surface area contributed by atoms with Gasteiger partial charge in [-0.3, -0.25) is 9.69 Å². The molecule has 0 saturated carbocycles. The van der Waals surface area contributed by atoms with Crippen LogP contribution in [-0.2, 0) is 23.1 Å². The molecule has 6 nitrogen and oxygen atoms in total. The van der Waals surface area contributed by atoms with Crippen molar-refractivity contribution in [3.63, 3.8) is 0 Å². The lowest BCUT2D eigenvalue weighted by atomic mass is 9.90. The quantitative estimate of drug-likeness (QED) is 0.681. The number of nitrogens with zero attached hydrogens (tertiary/aromatic N) is 3. The number of imide groups is 1. The van der Waals surface area contributed by atoms with Gasteiger partial charge < -0.3 is 9.72 Å². The molecule has 1 N–H and O–H groups in total. The van der Waals surface area contributed by atoms with Crippen LogP contribution >= 0.6 is 0 Å². The van der Waals surface area contributed by atoms with Crippen molar-refractivity contribution in [2.45, 2.75) is 32.1 Å². The van der Waals surface area contributed by atoms with Gasteiger partial charge in [0.1, 0.15) is 11.2 Å². The van der Waals surface area contributed by atoms with Gasteiger partial charge in [-0.25, -0.2) is 9.78 Å². The van der Waals surface area contributed by atoms with Crippen molar-refractivity contribution >= 4 is 17.6 Å². The van der Waals surface area contributed by atoms with Gasteiger partial charge in [-0.2, -0.15) is 13.2 Å². The number of rotatable bonds is 3. The van der Waals surface area contributed by atoms with E-state index in [4.69, 9.17) is 0 Å². The molecule has 4 rings (SSSR count). The number of hydrogen-bond donors (Lipinski definition) is 1. The molecule has 1 aliphatic heterocycles. The minimum atomic E-state index is -4.55. The van der Waals surface area contributed by atoms with Gasteiger partial charge in [0, 0.05) is 11.9 Å². The van der Waals surface area contributed by atoms with E-state index in [0.717, 1.165) is 22.7 Å². The Morgan fingerprint density at radius 3 is 2.55 bits per heavy atom. The maximum atomic E-state index is 13.1. The first-order valence-corrected chi connectivity index (χ1v) is 8.85. The Morgan fingerprint density at radius 2 is 1.86 bits per heavy atom. The van der Waals surface area contributed by atoms with Crippen LogP contribution in [0.2, 0.25) is 0 Å². The molecule has 0 spiro atoms. The van der Waals surface area contributed by atoms with Gasteiger partial charge in [-0.05, 0) is 43.7 Å². The Labute approximate surface area is 164 Å². The first-order valence-electron chi connectivity index (χ1n) is 8.85. The predicted octanol–water partition coefficient (Wildman–Crippen LogP) is 3.63. The number of fused-ring (bicyclic) bond motifs is 1. The fraction of sp³-hybridized carbons (Fsp3) is 0.250. The minimum Gasteiger partial charge on any atom is -0.319 e. The molecule has 1 saturated heterocycles. The number of carbonyl (C=O) groups is 2. The number of nitrogens with one attached hydrogen (secondary N) is 1. The maximum absolute atomic E-state index is 13.1. The summed E-state index contributed by atoms with van der Waals surface area (Å²) in [4.78, 5) is 30.9. The van der Waals surface area contributed by atoms with E-state index >= 15 is 0 Å². The van der Waals surface area contributed by atoms with Crippen molar-refractivity contribution in [1.29, 1.82) is 0 Å². The van der Waals surface area contributed by atoms with Crippen LogP contribution in [0.25, 0.3) is 5.65 Å². The average Bonchev–Trinajstić information content (AvgIpc) is 3.17. The number of amides is 3. The highest BCUT2D eigenvalue weighted by atomic mass is 19.4. The number of halogens is 3. The van der Waals surface area contributed by atoms with Crippen molar-refractivity contribution in [1.82, 2.24) is 19.6 Å². The van der Waals surface area contributed by atoms with E-state index in [9.17, 15) is 22.8 Å². The lowest BCUT2D eigenvalue weighted by Gasteiger charge is -2.23. The number of aromatic nitrogens is 2. The van der Waals surface area contributed by atoms with E-state index in [1.54, 1.807) is 12.3 Å². The predicted molar refractivity (Wildman–Crippen MR) is 97.8 cm³/mol. The molecule has 3 amide bonds. The van der Waals surface area contributed by atoms with E-state index < -0.39 is 29.2 Å². The van der Waals surface area contributed by atoms with Gasteiger partial charge in [-0.1, -0.05) is 18.2 Å². The van der Waals surface area contributed by atoms with E-state index in [1.807, 2.05) is 23.5 Å². The molecule has 1 atom stereocenters. The molecule has 0 bridgehead atoms. The summed E-state index contributed by atoms with van der Waals surface area (Å²) in [5, 5.41) is 2.53. The summed E-state index contributed by atoms with van der Waals surface area (Å²) in [5.74, 6) is -0.629. The molecule has 0 radical (unpaired) electrons. The lowest BCUT2D eigenvalue weighted by Crippen LogP contribution is -2.41. The Morgan fingerprint density at radius 1 is 1.14 bits per heavy atom. The number of hydrogen-bond acceptors (Lipinski definition) is 3. The topological polar surface area (TPSA) is 66.7 Å². The second-order valence-electron chi connectivity index (χ2n) is 7.15. The standard InChI is InChI=1S/C20H17F3N4O2/c1-12-5-3-8-16-24-15(10-26(12)16)11-27-17(28)19(2,25-18(27)29)13-6-4-7-14(9-13)20(21,22)23/h3-10H,11H2,1-2H3,(H,25,29). The molecule has 29 heavy (non-hydrogen) atoms. The number of pyridine rings is 1. The van der Waals surface area contributed by atoms with Crippen LogP contribution in [0.4, 0.5) is 18.0 Å². The van der Waals surface area contributed by atoms with Gasteiger partial charge >= 0.3 is 12.2 Å². The van der Waals surface area contributed by atoms with Crippen LogP contribution in [0.15, 0.2) is 48.7 Å². The van der Waals surface area contributed by atoms with Crippen molar-refractivity contribution in [3.8, 4) is 0 Å². The summed E-state index contributed by atoms with van der Waals surface area (Å²) >= 11 is 0. The summed E-state index contributed by atoms with van der Waals surface area (Å²) < 4.78 is 41.0. The highest BCUT2D eigenvalue weighted by Crippen LogP contribution is 2.35. The van der Waals surface area contributed by atoms with Crippen LogP contribution < -0.4 is 5.32 Å². The highest BCUT2D eigenvalue weighted by molar-refractivity contribution is 6.07. The first kappa shape index (κ1) is 19.0. The van der Waals surface area contributed by atoms with Crippen LogP contribution in [0.3, 0.4) is 0 Å². The van der Waals surface area contributed by atoms with Crippen LogP contribution in [-0.4, -0.2) is 26.2 Å². The Hall–Kier alpha value is -3.36. The number of benzene rings is 1. The normalized spacial score (nSPS) is 19.8. The van der Waals surface area contributed by atoms with Crippen molar-refractivity contribution in [2.75, 3.05) is 0 Å².